The minimum Gasteiger partial charge on any atom is -0.310 e. The van der Waals surface area contributed by atoms with Gasteiger partial charge in [0.25, 0.3) is 0 Å². The molecule has 0 saturated heterocycles. The van der Waals surface area contributed by atoms with Gasteiger partial charge in [0, 0.05) is 42.6 Å². The lowest BCUT2D eigenvalue weighted by Gasteiger charge is -2.28. The van der Waals surface area contributed by atoms with Crippen LogP contribution in [0.15, 0.2) is 176 Å². The molecule has 2 heteroatoms. The van der Waals surface area contributed by atoms with Crippen LogP contribution in [0.5, 0.6) is 0 Å². The van der Waals surface area contributed by atoms with Crippen molar-refractivity contribution in [2.75, 3.05) is 4.90 Å². The molecule has 1 aliphatic rings. The van der Waals surface area contributed by atoms with Crippen molar-refractivity contribution in [2.24, 2.45) is 0 Å². The molecule has 1 aromatic heterocycles. The van der Waals surface area contributed by atoms with Crippen molar-refractivity contribution in [3.8, 4) is 33.4 Å². The zero-order chi connectivity index (χ0) is 34.1. The number of rotatable bonds is 5. The lowest BCUT2D eigenvalue weighted by Crippen LogP contribution is -2.16. The first-order valence-electron chi connectivity index (χ1n) is 17.7. The Morgan fingerprint density at radius 2 is 1.06 bits per heavy atom. The molecule has 51 heavy (non-hydrogen) atoms. The van der Waals surface area contributed by atoms with Crippen LogP contribution in [0.2, 0.25) is 0 Å². The van der Waals surface area contributed by atoms with Crippen molar-refractivity contribution in [1.82, 2.24) is 0 Å². The van der Waals surface area contributed by atoms with E-state index in [0.717, 1.165) is 17.1 Å². The highest BCUT2D eigenvalue weighted by atomic mass is 32.1. The molecule has 0 saturated carbocycles. The van der Waals surface area contributed by atoms with E-state index in [4.69, 9.17) is 0 Å². The molecule has 9 aromatic rings. The first kappa shape index (κ1) is 29.9. The standard InChI is InChI=1S/C49H35NS/c1-49(2)44-17-8-6-15-40(44)41-27-26-39(31-45(41)49)50(38-14-10-13-35(29-38)32-11-4-3-5-12-32)37-24-21-33(22-25-37)36-20-19-34-23-28-47-48(43(34)30-36)42-16-7-9-18-46(42)51-47/h3-31H,1-2H3. The fourth-order valence-corrected chi connectivity index (χ4v) is 9.38. The zero-order valence-electron chi connectivity index (χ0n) is 28.6. The molecule has 0 atom stereocenters. The maximum Gasteiger partial charge on any atom is 0.0467 e. The van der Waals surface area contributed by atoms with Crippen LogP contribution in [-0.2, 0) is 5.41 Å². The first-order chi connectivity index (χ1) is 25.0. The number of hydrogen-bond acceptors (Lipinski definition) is 2. The molecule has 0 unspecified atom stereocenters. The van der Waals surface area contributed by atoms with Gasteiger partial charge in [-0.1, -0.05) is 135 Å². The summed E-state index contributed by atoms with van der Waals surface area (Å²) in [5, 5.41) is 5.28. The van der Waals surface area contributed by atoms with Crippen LogP contribution >= 0.6 is 11.3 Å². The molecule has 0 aliphatic heterocycles. The van der Waals surface area contributed by atoms with Crippen molar-refractivity contribution < 1.29 is 0 Å². The summed E-state index contributed by atoms with van der Waals surface area (Å²) in [5.74, 6) is 0. The van der Waals surface area contributed by atoms with Gasteiger partial charge in [0.1, 0.15) is 0 Å². The summed E-state index contributed by atoms with van der Waals surface area (Å²) in [6.45, 7) is 4.71. The van der Waals surface area contributed by atoms with E-state index < -0.39 is 0 Å². The van der Waals surface area contributed by atoms with Gasteiger partial charge in [-0.2, -0.15) is 0 Å². The third-order valence-electron chi connectivity index (χ3n) is 10.9. The molecule has 8 aromatic carbocycles. The van der Waals surface area contributed by atoms with Crippen molar-refractivity contribution in [3.05, 3.63) is 187 Å². The van der Waals surface area contributed by atoms with Crippen LogP contribution in [0, 0.1) is 0 Å². The predicted octanol–water partition coefficient (Wildman–Crippen LogP) is 14.3. The molecule has 0 spiro atoms. The van der Waals surface area contributed by atoms with E-state index in [1.165, 1.54) is 75.5 Å². The summed E-state index contributed by atoms with van der Waals surface area (Å²) < 4.78 is 2.68. The molecule has 242 valence electrons. The Morgan fingerprint density at radius 3 is 1.94 bits per heavy atom. The molecule has 0 bridgehead atoms. The van der Waals surface area contributed by atoms with Crippen molar-refractivity contribution in [1.29, 1.82) is 0 Å². The van der Waals surface area contributed by atoms with Gasteiger partial charge in [0.15, 0.2) is 0 Å². The Hall–Kier alpha value is -5.96. The van der Waals surface area contributed by atoms with Gasteiger partial charge < -0.3 is 4.90 Å². The van der Waals surface area contributed by atoms with Crippen LogP contribution < -0.4 is 4.90 Å². The summed E-state index contributed by atoms with van der Waals surface area (Å²) in [4.78, 5) is 2.41. The van der Waals surface area contributed by atoms with Gasteiger partial charge in [-0.05, 0) is 110 Å². The second-order valence-corrected chi connectivity index (χ2v) is 15.3. The van der Waals surface area contributed by atoms with Crippen LogP contribution in [0.1, 0.15) is 25.0 Å². The van der Waals surface area contributed by atoms with Gasteiger partial charge >= 0.3 is 0 Å². The average molecular weight is 670 g/mol. The average Bonchev–Trinajstić information content (AvgIpc) is 3.68. The topological polar surface area (TPSA) is 3.24 Å². The van der Waals surface area contributed by atoms with Crippen LogP contribution in [-0.4, -0.2) is 0 Å². The molecular weight excluding hydrogens is 635 g/mol. The molecule has 10 rings (SSSR count). The normalized spacial score (nSPS) is 13.1. The highest BCUT2D eigenvalue weighted by molar-refractivity contribution is 7.26. The molecule has 1 nitrogen and oxygen atoms in total. The molecule has 1 heterocycles. The number of benzene rings is 8. The summed E-state index contributed by atoms with van der Waals surface area (Å²) in [5.41, 5.74) is 13.6. The Morgan fingerprint density at radius 1 is 0.412 bits per heavy atom. The summed E-state index contributed by atoms with van der Waals surface area (Å²) in [6, 6.07) is 64.8. The van der Waals surface area contributed by atoms with E-state index in [0.29, 0.717) is 0 Å². The summed E-state index contributed by atoms with van der Waals surface area (Å²) >= 11 is 1.88. The van der Waals surface area contributed by atoms with Crippen molar-refractivity contribution in [2.45, 2.75) is 19.3 Å². The monoisotopic (exact) mass is 669 g/mol. The summed E-state index contributed by atoms with van der Waals surface area (Å²) in [6.07, 6.45) is 0. The highest BCUT2D eigenvalue weighted by Crippen LogP contribution is 2.51. The second-order valence-electron chi connectivity index (χ2n) is 14.2. The van der Waals surface area contributed by atoms with E-state index in [1.807, 2.05) is 11.3 Å². The van der Waals surface area contributed by atoms with E-state index >= 15 is 0 Å². The minimum absolute atomic E-state index is 0.0847. The molecule has 0 N–H and O–H groups in total. The Kier molecular flexibility index (Phi) is 6.78. The Balaban J connectivity index is 1.10. The fraction of sp³-hybridized carbons (Fsp3) is 0.0612. The molecule has 0 fully saturated rings. The Labute approximate surface area is 302 Å². The highest BCUT2D eigenvalue weighted by Gasteiger charge is 2.35. The number of nitrogens with zero attached hydrogens (tertiary/aromatic N) is 1. The van der Waals surface area contributed by atoms with Crippen molar-refractivity contribution >= 4 is 59.3 Å². The van der Waals surface area contributed by atoms with Gasteiger partial charge in [-0.3, -0.25) is 0 Å². The van der Waals surface area contributed by atoms with Crippen LogP contribution in [0.25, 0.3) is 64.3 Å². The van der Waals surface area contributed by atoms with E-state index in [-0.39, 0.29) is 5.41 Å². The lowest BCUT2D eigenvalue weighted by atomic mass is 9.82. The smallest absolute Gasteiger partial charge is 0.0467 e. The summed E-state index contributed by atoms with van der Waals surface area (Å²) in [7, 11) is 0. The largest absolute Gasteiger partial charge is 0.310 e. The van der Waals surface area contributed by atoms with Crippen LogP contribution in [0.4, 0.5) is 17.1 Å². The van der Waals surface area contributed by atoms with E-state index in [2.05, 4.69) is 195 Å². The van der Waals surface area contributed by atoms with Crippen molar-refractivity contribution in [3.63, 3.8) is 0 Å². The molecule has 0 radical (unpaired) electrons. The number of hydrogen-bond donors (Lipinski definition) is 0. The van der Waals surface area contributed by atoms with Crippen LogP contribution in [0.3, 0.4) is 0 Å². The lowest BCUT2D eigenvalue weighted by molar-refractivity contribution is 0.660. The number of thiophene rings is 1. The Bertz CT molecular complexity index is 2770. The zero-order valence-corrected chi connectivity index (χ0v) is 29.4. The first-order valence-corrected chi connectivity index (χ1v) is 18.5. The molecular formula is C49H35NS. The van der Waals surface area contributed by atoms with Gasteiger partial charge in [-0.15, -0.1) is 11.3 Å². The minimum atomic E-state index is -0.0847. The fourth-order valence-electron chi connectivity index (χ4n) is 8.26. The maximum atomic E-state index is 2.41. The third kappa shape index (κ3) is 4.82. The van der Waals surface area contributed by atoms with Gasteiger partial charge in [0.05, 0.1) is 0 Å². The SMILES string of the molecule is CC1(C)c2ccccc2-c2ccc(N(c3ccc(-c4ccc5ccc6sc7ccccc7c6c5c4)cc3)c3cccc(-c4ccccc4)c3)cc21. The quantitative estimate of drug-likeness (QED) is 0.176. The predicted molar refractivity (Wildman–Crippen MR) is 220 cm³/mol. The molecule has 1 aliphatic carbocycles. The molecule has 0 amide bonds. The van der Waals surface area contributed by atoms with E-state index in [9.17, 15) is 0 Å². The van der Waals surface area contributed by atoms with E-state index in [1.54, 1.807) is 0 Å². The number of anilines is 3. The maximum absolute atomic E-state index is 2.41. The van der Waals surface area contributed by atoms with Gasteiger partial charge in [-0.25, -0.2) is 0 Å². The second kappa shape index (κ2) is 11.6. The van der Waals surface area contributed by atoms with Gasteiger partial charge in [0.2, 0.25) is 0 Å². The third-order valence-corrected chi connectivity index (χ3v) is 12.0. The number of fused-ring (bicyclic) bond motifs is 8.